The highest BCUT2D eigenvalue weighted by atomic mass is 16.7. The van der Waals surface area contributed by atoms with E-state index in [4.69, 9.17) is 61.6 Å². The van der Waals surface area contributed by atoms with Crippen LogP contribution < -0.4 is 0 Å². The van der Waals surface area contributed by atoms with Gasteiger partial charge >= 0.3 is 11.9 Å². The first-order valence-corrected chi connectivity index (χ1v) is 53.6. The number of nitrogens with zero attached hydrogens (tertiary/aromatic N) is 2. The Hall–Kier alpha value is -6.86. The van der Waals surface area contributed by atoms with Gasteiger partial charge in [0.2, 0.25) is 11.6 Å². The van der Waals surface area contributed by atoms with Crippen molar-refractivity contribution in [1.82, 2.24) is 9.80 Å². The lowest BCUT2D eigenvalue weighted by atomic mass is 9.78. The van der Waals surface area contributed by atoms with Crippen LogP contribution in [0.1, 0.15) is 276 Å². The summed E-state index contributed by atoms with van der Waals surface area (Å²) in [6, 6.07) is -2.68. The summed E-state index contributed by atoms with van der Waals surface area (Å²) in [5, 5.41) is 71.6. The van der Waals surface area contributed by atoms with Gasteiger partial charge in [-0.15, -0.1) is 0 Å². The first kappa shape index (κ1) is 118. The number of hydrogen-bond donors (Lipinski definition) is 6. The van der Waals surface area contributed by atoms with E-state index in [0.29, 0.717) is 115 Å². The van der Waals surface area contributed by atoms with Crippen molar-refractivity contribution in [2.45, 2.75) is 398 Å². The van der Waals surface area contributed by atoms with Gasteiger partial charge in [-0.3, -0.25) is 38.4 Å². The molecule has 10 aliphatic rings. The molecule has 0 aromatic heterocycles. The van der Waals surface area contributed by atoms with E-state index >= 15 is 28.8 Å². The number of esters is 2. The molecule has 2 aliphatic carbocycles. The fourth-order valence-corrected chi connectivity index (χ4v) is 22.9. The number of fused-ring (bicyclic) bond motifs is 6. The number of allylic oxidation sites excluding steroid dienone is 12. The number of Topliss-reactive ketones (excluding diaryl/α,β-unsaturated/α-hetero) is 6. The zero-order chi connectivity index (χ0) is 104. The molecule has 6 N–H and O–H groups in total. The van der Waals surface area contributed by atoms with Crippen molar-refractivity contribution in [2.24, 2.45) is 71.0 Å². The molecule has 2 amide bonds. The van der Waals surface area contributed by atoms with Crippen molar-refractivity contribution in [3.63, 3.8) is 0 Å². The monoisotopic (exact) mass is 2010 g/mol. The normalized spacial score (nSPS) is 40.1. The Kier molecular flexibility index (Phi) is 47.2. The number of carbonyl (C=O) groups excluding carboxylic acids is 10. The predicted octanol–water partition coefficient (Wildman–Crippen LogP) is 13.2. The standard InChI is InChI=1S/C112H172N2O29/c1-67-29-19-17-22-32-70(4)94(139-66-86-34-28-50-135-86)62-84-42-40-82(112(130,143-84)106(124)108(126)114-47-26-24-36-88(114)110(128)141-96(74(8)58-81-39-44-92(136-52-48-115)98(60-81)132-15)63-90(117)71(5)55-77(11)100(120)103(133-16)99(119)75(9)53-67)45-51-137-104-101(121)76(10)54-68(2)30-20-18-21-31-69(3)93(138-65-85-33-27-49-134-85)61-83-41-37-79(13)111(129,142-83)105(123)107(125)113-46-25-23-35-87(113)109(127)140-95(64-91(118)72(6)56-78(12)102(104)122)73(7)57-80-38-43-89(116)97(59-80)131-14/h17-22,29-32,55-56,67-68,71-76,79-89,92-98,100,102-104,115-116,120,122,129-130H,23-28,33-54,57-66H2,1-16H3/b21-18+,22-17+,29-19+,30-20+,69-31+,70-32+,77-55+,78-56+. The highest BCUT2D eigenvalue weighted by Gasteiger charge is 2.57. The van der Waals surface area contributed by atoms with E-state index in [0.717, 1.165) is 46.6 Å². The van der Waals surface area contributed by atoms with Gasteiger partial charge in [0.1, 0.15) is 60.3 Å². The third-order valence-corrected chi connectivity index (χ3v) is 32.1. The maximum Gasteiger partial charge on any atom is 0.329 e. The van der Waals surface area contributed by atoms with Crippen molar-refractivity contribution in [3.8, 4) is 0 Å². The lowest BCUT2D eigenvalue weighted by Crippen LogP contribution is -2.61. The Morgan fingerprint density at radius 3 is 1.39 bits per heavy atom. The van der Waals surface area contributed by atoms with E-state index in [1.807, 2.05) is 102 Å². The Bertz CT molecular complexity index is 4410. The molecule has 6 saturated heterocycles. The number of carbonyl (C=O) groups is 10. The van der Waals surface area contributed by atoms with Gasteiger partial charge in [-0.25, -0.2) is 9.59 Å². The molecule has 31 heteroatoms. The number of piperidine rings is 2. The van der Waals surface area contributed by atoms with E-state index in [2.05, 4.69) is 0 Å². The number of hydrogen-bond acceptors (Lipinski definition) is 29. The summed E-state index contributed by atoms with van der Waals surface area (Å²) < 4.78 is 81.8. The van der Waals surface area contributed by atoms with Crippen molar-refractivity contribution in [2.75, 3.05) is 80.7 Å². The molecule has 0 radical (unpaired) electrons. The van der Waals surface area contributed by atoms with Gasteiger partial charge in [0.05, 0.1) is 87.5 Å². The minimum absolute atomic E-state index is 0.00488. The average Bonchev–Trinajstić information content (AvgIpc) is 0.894. The van der Waals surface area contributed by atoms with Crippen LogP contribution in [-0.2, 0) is 110 Å². The molecule has 8 aliphatic heterocycles. The van der Waals surface area contributed by atoms with Crippen LogP contribution in [0, 0.1) is 71.0 Å². The lowest BCUT2D eigenvalue weighted by Gasteiger charge is -2.44. The highest BCUT2D eigenvalue weighted by Crippen LogP contribution is 2.44. The molecule has 143 heavy (non-hydrogen) atoms. The second-order valence-electron chi connectivity index (χ2n) is 43.4. The quantitative estimate of drug-likeness (QED) is 0.0333. The molecule has 10 rings (SSSR count). The molecule has 31 nitrogen and oxygen atoms in total. The predicted molar refractivity (Wildman–Crippen MR) is 535 cm³/mol. The number of rotatable bonds is 22. The maximum atomic E-state index is 16.1. The van der Waals surface area contributed by atoms with E-state index < -0.39 is 198 Å². The zero-order valence-electron chi connectivity index (χ0n) is 88.1. The fourth-order valence-electron chi connectivity index (χ4n) is 22.9. The van der Waals surface area contributed by atoms with Crippen LogP contribution in [0.4, 0.5) is 0 Å². The molecule has 0 aromatic rings. The van der Waals surface area contributed by atoms with Gasteiger partial charge in [0.25, 0.3) is 23.4 Å². The summed E-state index contributed by atoms with van der Waals surface area (Å²) in [5.41, 5.74) is 2.02. The van der Waals surface area contributed by atoms with E-state index in [1.165, 1.54) is 20.3 Å². The number of ketones is 6. The zero-order valence-corrected chi connectivity index (χ0v) is 88.1. The average molecular weight is 2010 g/mol. The maximum absolute atomic E-state index is 16.1. The second kappa shape index (κ2) is 57.2. The Morgan fingerprint density at radius 1 is 0.455 bits per heavy atom. The van der Waals surface area contributed by atoms with E-state index in [-0.39, 0.29) is 169 Å². The minimum Gasteiger partial charge on any atom is -0.460 e. The van der Waals surface area contributed by atoms with Crippen molar-refractivity contribution < 1.29 is 140 Å². The molecule has 0 spiro atoms. The first-order valence-electron chi connectivity index (χ1n) is 53.6. The van der Waals surface area contributed by atoms with Crippen LogP contribution in [0.25, 0.3) is 0 Å². The van der Waals surface area contributed by atoms with Crippen LogP contribution in [0.15, 0.2) is 95.2 Å². The second-order valence-corrected chi connectivity index (χ2v) is 43.4. The lowest BCUT2D eigenvalue weighted by molar-refractivity contribution is -0.271. The summed E-state index contributed by atoms with van der Waals surface area (Å²) in [6.45, 7) is 24.2. The van der Waals surface area contributed by atoms with E-state index in [1.54, 1.807) is 61.7 Å². The van der Waals surface area contributed by atoms with Gasteiger partial charge in [-0.2, -0.15) is 0 Å². The Morgan fingerprint density at radius 2 is 0.916 bits per heavy atom. The third-order valence-electron chi connectivity index (χ3n) is 32.1. The largest absolute Gasteiger partial charge is 0.460 e. The molecule has 4 bridgehead atoms. The van der Waals surface area contributed by atoms with Crippen molar-refractivity contribution >= 4 is 58.5 Å². The van der Waals surface area contributed by atoms with Crippen LogP contribution in [0.5, 0.6) is 0 Å². The molecule has 32 atom stereocenters. The smallest absolute Gasteiger partial charge is 0.329 e. The number of methoxy groups -OCH3 is 3. The summed E-state index contributed by atoms with van der Waals surface area (Å²) in [7, 11) is 4.50. The molecule has 2 saturated carbocycles. The molecule has 804 valence electrons. The molecule has 8 heterocycles. The topological polar surface area (TPSA) is 419 Å². The third kappa shape index (κ3) is 33.1. The fraction of sp³-hybridized carbons (Fsp3) is 0.768. The number of aliphatic hydroxyl groups excluding tert-OH is 4. The van der Waals surface area contributed by atoms with Gasteiger partial charge < -0.3 is 102 Å². The molecule has 0 aromatic carbocycles. The number of ether oxygens (including phenoxy) is 13. The van der Waals surface area contributed by atoms with E-state index in [9.17, 15) is 49.8 Å². The highest BCUT2D eigenvalue weighted by molar-refractivity contribution is 6.39. The minimum atomic E-state index is -2.95. The summed E-state index contributed by atoms with van der Waals surface area (Å²) in [6.07, 6.45) is 18.9. The first-order chi connectivity index (χ1) is 68.2. The van der Waals surface area contributed by atoms with Crippen LogP contribution >= 0.6 is 0 Å². The Labute approximate surface area is 848 Å². The van der Waals surface area contributed by atoms with Crippen LogP contribution in [0.2, 0.25) is 0 Å². The molecule has 8 fully saturated rings. The van der Waals surface area contributed by atoms with Crippen molar-refractivity contribution in [3.05, 3.63) is 95.2 Å². The van der Waals surface area contributed by atoms with Crippen LogP contribution in [-0.4, -0.2) is 301 Å². The van der Waals surface area contributed by atoms with Crippen molar-refractivity contribution in [1.29, 1.82) is 0 Å². The summed E-state index contributed by atoms with van der Waals surface area (Å²) in [4.78, 5) is 155. The number of cyclic esters (lactones) is 2. The summed E-state index contributed by atoms with van der Waals surface area (Å²) >= 11 is 0. The summed E-state index contributed by atoms with van der Waals surface area (Å²) in [5.74, 6) is -20.5. The number of amides is 2. The van der Waals surface area contributed by atoms with Gasteiger partial charge in [-0.1, -0.05) is 135 Å². The van der Waals surface area contributed by atoms with Gasteiger partial charge in [0, 0.05) is 115 Å². The molecular formula is C112H172N2O29. The van der Waals surface area contributed by atoms with Crippen LogP contribution in [0.3, 0.4) is 0 Å². The Balaban J connectivity index is 0.994. The molecular weight excluding hydrogens is 1840 g/mol. The SMILES string of the molecule is COC1CC(CC(C)C2CC(=O)C(C)/C=C(\C)C(O)C(OCCC3CCC4CC(OCC5CCCO5)/C(C)=C/C=C/C=C/C(C)CC(C)C(=O)C(OC)C(O)/C(C)=C/C(C)C(=O)CC(C(C)CC5CCC(OCCO)C(OC)C5)OC(=O)C5CCCCN5C(=O)C(=O)C3(O)O4)C(=O)C(C)CC(C)/C=C/C=C/C=C(\C)C(OCC3CCCO3)CC3CCC(C)C(O)(O3)C(=O)C(=O)N3CCCCC3C(=O)O2)CCC1O. The molecule has 32 unspecified atom stereocenters. The number of aliphatic hydroxyl groups is 6. The van der Waals surface area contributed by atoms with Gasteiger partial charge in [-0.05, 0) is 246 Å². The van der Waals surface area contributed by atoms with Gasteiger partial charge in [0.15, 0.2) is 11.6 Å².